The quantitative estimate of drug-likeness (QED) is 0.729. The van der Waals surface area contributed by atoms with E-state index >= 15 is 0 Å². The van der Waals surface area contributed by atoms with Crippen molar-refractivity contribution in [2.24, 2.45) is 23.7 Å². The first-order valence-corrected chi connectivity index (χ1v) is 11.1. The summed E-state index contributed by atoms with van der Waals surface area (Å²) in [6.07, 6.45) is 7.20. The second-order valence-corrected chi connectivity index (χ2v) is 10.4. The molecule has 5 nitrogen and oxygen atoms in total. The fourth-order valence-corrected chi connectivity index (χ4v) is 6.03. The Morgan fingerprint density at radius 1 is 1.03 bits per heavy atom. The third-order valence-electron chi connectivity index (χ3n) is 6.87. The van der Waals surface area contributed by atoms with Crippen LogP contribution < -0.4 is 20.1 Å². The van der Waals surface area contributed by atoms with Crippen molar-refractivity contribution in [1.82, 2.24) is 10.6 Å². The second kappa shape index (κ2) is 8.17. The highest BCUT2D eigenvalue weighted by molar-refractivity contribution is 5.78. The molecule has 4 aliphatic rings. The summed E-state index contributed by atoms with van der Waals surface area (Å²) in [5, 5.41) is 6.77. The highest BCUT2D eigenvalue weighted by Gasteiger charge is 2.47. The molecule has 0 unspecified atom stereocenters. The van der Waals surface area contributed by atoms with Gasteiger partial charge in [-0.25, -0.2) is 0 Å². The number of ether oxygens (including phenoxy) is 2. The van der Waals surface area contributed by atoms with Crippen LogP contribution in [-0.2, 0) is 11.3 Å². The summed E-state index contributed by atoms with van der Waals surface area (Å²) in [7, 11) is 1.65. The molecule has 0 heterocycles. The summed E-state index contributed by atoms with van der Waals surface area (Å²) in [5.41, 5.74) is 0.931. The lowest BCUT2D eigenvalue weighted by Gasteiger charge is -2.54. The lowest BCUT2D eigenvalue weighted by Crippen LogP contribution is -2.54. The summed E-state index contributed by atoms with van der Waals surface area (Å²) < 4.78 is 11.2. The van der Waals surface area contributed by atoms with Gasteiger partial charge in [0.15, 0.2) is 18.1 Å². The van der Waals surface area contributed by atoms with E-state index in [4.69, 9.17) is 9.47 Å². The summed E-state index contributed by atoms with van der Waals surface area (Å²) in [4.78, 5) is 12.0. The van der Waals surface area contributed by atoms with Gasteiger partial charge in [-0.05, 0) is 94.2 Å². The zero-order valence-corrected chi connectivity index (χ0v) is 18.3. The van der Waals surface area contributed by atoms with Gasteiger partial charge in [-0.15, -0.1) is 0 Å². The number of benzene rings is 1. The van der Waals surface area contributed by atoms with Gasteiger partial charge < -0.3 is 20.1 Å². The summed E-state index contributed by atoms with van der Waals surface area (Å²) >= 11 is 0. The fourth-order valence-electron chi connectivity index (χ4n) is 6.03. The first-order chi connectivity index (χ1) is 13.8. The third-order valence-corrected chi connectivity index (χ3v) is 6.87. The van der Waals surface area contributed by atoms with Crippen LogP contribution in [0.4, 0.5) is 0 Å². The highest BCUT2D eigenvalue weighted by atomic mass is 16.5. The van der Waals surface area contributed by atoms with E-state index in [1.807, 2.05) is 32.9 Å². The molecule has 4 aliphatic carbocycles. The fraction of sp³-hybridized carbons (Fsp3) is 0.708. The molecule has 160 valence electrons. The summed E-state index contributed by atoms with van der Waals surface area (Å²) in [6, 6.07) is 6.69. The monoisotopic (exact) mass is 400 g/mol. The Hall–Kier alpha value is -1.75. The van der Waals surface area contributed by atoms with Crippen LogP contribution in [0.5, 0.6) is 11.5 Å². The van der Waals surface area contributed by atoms with E-state index in [0.29, 0.717) is 17.5 Å². The molecule has 0 radical (unpaired) electrons. The molecule has 4 saturated carbocycles. The molecule has 29 heavy (non-hydrogen) atoms. The SMILES string of the molecule is COc1cc(CNC2C3CC4CC(C3)CC2C4)ccc1OCC(=O)NC(C)(C)C. The van der Waals surface area contributed by atoms with Gasteiger partial charge in [0.2, 0.25) is 0 Å². The third kappa shape index (κ3) is 4.88. The van der Waals surface area contributed by atoms with E-state index in [-0.39, 0.29) is 18.1 Å². The van der Waals surface area contributed by atoms with E-state index in [1.165, 1.54) is 37.7 Å². The average Bonchev–Trinajstić information content (AvgIpc) is 2.64. The van der Waals surface area contributed by atoms with Crippen LogP contribution in [-0.4, -0.2) is 31.2 Å². The number of carbonyl (C=O) groups excluding carboxylic acids is 1. The zero-order chi connectivity index (χ0) is 20.6. The van der Waals surface area contributed by atoms with Crippen LogP contribution in [0.2, 0.25) is 0 Å². The van der Waals surface area contributed by atoms with E-state index in [0.717, 1.165) is 30.2 Å². The van der Waals surface area contributed by atoms with Gasteiger partial charge in [0.05, 0.1) is 7.11 Å². The van der Waals surface area contributed by atoms with Gasteiger partial charge >= 0.3 is 0 Å². The number of nitrogens with one attached hydrogen (secondary N) is 2. The minimum atomic E-state index is -0.266. The van der Waals surface area contributed by atoms with Crippen molar-refractivity contribution in [2.75, 3.05) is 13.7 Å². The van der Waals surface area contributed by atoms with Gasteiger partial charge in [0.25, 0.3) is 5.91 Å². The summed E-state index contributed by atoms with van der Waals surface area (Å²) in [5.74, 6) is 4.90. The van der Waals surface area contributed by atoms with Crippen molar-refractivity contribution in [3.8, 4) is 11.5 Å². The zero-order valence-electron chi connectivity index (χ0n) is 18.3. The van der Waals surface area contributed by atoms with Gasteiger partial charge in [0.1, 0.15) is 0 Å². The Morgan fingerprint density at radius 3 is 2.28 bits per heavy atom. The molecule has 5 heteroatoms. The first kappa shape index (κ1) is 20.5. The maximum Gasteiger partial charge on any atom is 0.258 e. The Balaban J connectivity index is 1.33. The molecule has 1 aromatic carbocycles. The summed E-state index contributed by atoms with van der Waals surface area (Å²) in [6.45, 7) is 6.71. The maximum atomic E-state index is 12.0. The molecular weight excluding hydrogens is 364 g/mol. The molecule has 2 N–H and O–H groups in total. The highest BCUT2D eigenvalue weighted by Crippen LogP contribution is 2.53. The minimum Gasteiger partial charge on any atom is -0.493 e. The van der Waals surface area contributed by atoms with Crippen molar-refractivity contribution < 1.29 is 14.3 Å². The van der Waals surface area contributed by atoms with Crippen LogP contribution >= 0.6 is 0 Å². The molecule has 0 aromatic heterocycles. The number of hydrogen-bond acceptors (Lipinski definition) is 4. The van der Waals surface area contributed by atoms with Gasteiger partial charge in [-0.1, -0.05) is 6.07 Å². The van der Waals surface area contributed by atoms with E-state index in [2.05, 4.69) is 16.7 Å². The first-order valence-electron chi connectivity index (χ1n) is 11.1. The second-order valence-electron chi connectivity index (χ2n) is 10.4. The molecule has 0 spiro atoms. The van der Waals surface area contributed by atoms with Crippen molar-refractivity contribution in [3.05, 3.63) is 23.8 Å². The van der Waals surface area contributed by atoms with Crippen LogP contribution in [0.1, 0.15) is 58.4 Å². The van der Waals surface area contributed by atoms with Gasteiger partial charge in [0, 0.05) is 18.1 Å². The van der Waals surface area contributed by atoms with Crippen molar-refractivity contribution in [1.29, 1.82) is 0 Å². The number of hydrogen-bond donors (Lipinski definition) is 2. The maximum absolute atomic E-state index is 12.0. The molecule has 0 atom stereocenters. The number of rotatable bonds is 7. The van der Waals surface area contributed by atoms with Crippen molar-refractivity contribution in [3.63, 3.8) is 0 Å². The van der Waals surface area contributed by atoms with Crippen LogP contribution in [0.25, 0.3) is 0 Å². The standard InChI is InChI=1S/C24H36N2O3/c1-24(2,3)26-22(27)14-29-20-6-5-15(12-21(20)28-4)13-25-23-18-8-16-7-17(10-18)11-19(23)9-16/h5-6,12,16-19,23,25H,7-11,13-14H2,1-4H3,(H,26,27). The number of carbonyl (C=O) groups is 1. The Morgan fingerprint density at radius 2 is 1.69 bits per heavy atom. The lowest BCUT2D eigenvalue weighted by atomic mass is 9.54. The van der Waals surface area contributed by atoms with E-state index in [1.54, 1.807) is 7.11 Å². The topological polar surface area (TPSA) is 59.6 Å². The number of amides is 1. The van der Waals surface area contributed by atoms with Crippen LogP contribution in [0.15, 0.2) is 18.2 Å². The van der Waals surface area contributed by atoms with Gasteiger partial charge in [-0.2, -0.15) is 0 Å². The molecule has 1 amide bonds. The Labute approximate surface area is 174 Å². The molecule has 0 saturated heterocycles. The lowest BCUT2D eigenvalue weighted by molar-refractivity contribution is -0.124. The average molecular weight is 401 g/mol. The van der Waals surface area contributed by atoms with Crippen LogP contribution in [0.3, 0.4) is 0 Å². The van der Waals surface area contributed by atoms with E-state index < -0.39 is 0 Å². The predicted molar refractivity (Wildman–Crippen MR) is 114 cm³/mol. The molecule has 5 rings (SSSR count). The molecule has 4 fully saturated rings. The van der Waals surface area contributed by atoms with Crippen LogP contribution in [0, 0.1) is 23.7 Å². The normalized spacial score (nSPS) is 30.3. The molecular formula is C24H36N2O3. The van der Waals surface area contributed by atoms with Crippen molar-refractivity contribution >= 4 is 5.91 Å². The predicted octanol–water partition coefficient (Wildman–Crippen LogP) is 3.90. The largest absolute Gasteiger partial charge is 0.493 e. The number of methoxy groups -OCH3 is 1. The van der Waals surface area contributed by atoms with Gasteiger partial charge in [-0.3, -0.25) is 4.79 Å². The van der Waals surface area contributed by atoms with Crippen molar-refractivity contribution in [2.45, 2.75) is 71.0 Å². The minimum absolute atomic E-state index is 0.0149. The molecule has 0 aliphatic heterocycles. The molecule has 1 aromatic rings. The van der Waals surface area contributed by atoms with E-state index in [9.17, 15) is 4.79 Å². The Kier molecular flexibility index (Phi) is 5.78. The Bertz CT molecular complexity index is 712. The smallest absolute Gasteiger partial charge is 0.258 e. The molecule has 4 bridgehead atoms.